The van der Waals surface area contributed by atoms with Gasteiger partial charge in [0.15, 0.2) is 0 Å². The predicted octanol–water partition coefficient (Wildman–Crippen LogP) is 2.07. The molecular weight excluding hydrogens is 512 g/mol. The van der Waals surface area contributed by atoms with Crippen LogP contribution in [0.1, 0.15) is 52.9 Å². The second-order valence-electron chi connectivity index (χ2n) is 11.4. The number of fused-ring (bicyclic) bond motifs is 2. The molecule has 6 rings (SSSR count). The van der Waals surface area contributed by atoms with Crippen LogP contribution in [-0.2, 0) is 42.9 Å². The highest BCUT2D eigenvalue weighted by Crippen LogP contribution is 2.81. The lowest BCUT2D eigenvalue weighted by Crippen LogP contribution is -2.58. The normalized spacial score (nSPS) is 53.6. The number of alkyl halides is 1. The predicted molar refractivity (Wildman–Crippen MR) is 116 cm³/mol. The van der Waals surface area contributed by atoms with Crippen LogP contribution in [0.4, 0.5) is 0 Å². The number of epoxide rings is 1. The molecule has 0 aromatic rings. The summed E-state index contributed by atoms with van der Waals surface area (Å²) in [5.74, 6) is -2.86. The van der Waals surface area contributed by atoms with Crippen molar-refractivity contribution in [3.63, 3.8) is 0 Å². The van der Waals surface area contributed by atoms with Crippen molar-refractivity contribution >= 4 is 39.8 Å². The molecule has 186 valence electrons. The van der Waals surface area contributed by atoms with Crippen LogP contribution in [0, 0.1) is 28.6 Å². The monoisotopic (exact) mass is 540 g/mol. The second-order valence-corrected chi connectivity index (χ2v) is 12.4. The molecule has 34 heavy (non-hydrogen) atoms. The van der Waals surface area contributed by atoms with Gasteiger partial charge in [-0.05, 0) is 38.0 Å². The minimum atomic E-state index is -1.10. The molecule has 4 aliphatic carbocycles. The fraction of sp³-hybridized carbons (Fsp3) is 0.833. The quantitative estimate of drug-likeness (QED) is 0.229. The lowest BCUT2D eigenvalue weighted by Gasteiger charge is -2.48. The van der Waals surface area contributed by atoms with Gasteiger partial charge in [-0.25, -0.2) is 0 Å². The number of rotatable bonds is 3. The summed E-state index contributed by atoms with van der Waals surface area (Å²) in [5.41, 5.74) is -4.14. The zero-order valence-electron chi connectivity index (χ0n) is 19.7. The molecule has 2 unspecified atom stereocenters. The lowest BCUT2D eigenvalue weighted by molar-refractivity contribution is -0.175. The van der Waals surface area contributed by atoms with Crippen LogP contribution < -0.4 is 0 Å². The SMILES string of the molecule is COC(=O)[C@H]1C2[C@@]3(C[C@@H](OC(C)=O)[C@H](Br)[C@]2(C)C(=O)O3)C2CC[C@]3(OC(C)=O)C[C@@]21C[C@]31CO1. The Kier molecular flexibility index (Phi) is 4.38. The molecular formula is C24H29BrO9. The van der Waals surface area contributed by atoms with Gasteiger partial charge in [0.05, 0.1) is 29.9 Å². The third kappa shape index (κ3) is 2.35. The minimum absolute atomic E-state index is 0.176. The highest BCUT2D eigenvalue weighted by Gasteiger charge is 2.89. The molecule has 2 aliphatic heterocycles. The molecule has 10 atom stereocenters. The van der Waals surface area contributed by atoms with Gasteiger partial charge in [-0.2, -0.15) is 0 Å². The largest absolute Gasteiger partial charge is 0.469 e. The molecule has 2 spiro atoms. The van der Waals surface area contributed by atoms with Crippen molar-refractivity contribution in [2.45, 2.75) is 80.6 Å². The molecule has 9 nitrogen and oxygen atoms in total. The van der Waals surface area contributed by atoms with Crippen molar-refractivity contribution in [2.75, 3.05) is 13.7 Å². The van der Waals surface area contributed by atoms with Crippen molar-refractivity contribution in [3.8, 4) is 0 Å². The maximum atomic E-state index is 13.6. The smallest absolute Gasteiger partial charge is 0.314 e. The van der Waals surface area contributed by atoms with Gasteiger partial charge in [0.1, 0.15) is 22.9 Å². The molecule has 6 fully saturated rings. The van der Waals surface area contributed by atoms with E-state index in [-0.39, 0.29) is 23.8 Å². The maximum Gasteiger partial charge on any atom is 0.314 e. The summed E-state index contributed by atoms with van der Waals surface area (Å²) >= 11 is 3.67. The van der Waals surface area contributed by atoms with E-state index in [9.17, 15) is 19.2 Å². The first-order chi connectivity index (χ1) is 15.9. The first kappa shape index (κ1) is 22.8. The van der Waals surface area contributed by atoms with Gasteiger partial charge >= 0.3 is 23.9 Å². The summed E-state index contributed by atoms with van der Waals surface area (Å²) in [6, 6.07) is 0. The molecule has 0 aromatic carbocycles. The van der Waals surface area contributed by atoms with Gasteiger partial charge in [0.2, 0.25) is 0 Å². The van der Waals surface area contributed by atoms with Gasteiger partial charge in [-0.15, -0.1) is 0 Å². The van der Waals surface area contributed by atoms with Gasteiger partial charge < -0.3 is 23.7 Å². The number of esters is 4. The number of methoxy groups -OCH3 is 1. The molecule has 2 saturated heterocycles. The van der Waals surface area contributed by atoms with E-state index in [0.717, 1.165) is 0 Å². The van der Waals surface area contributed by atoms with Crippen LogP contribution in [0.25, 0.3) is 0 Å². The van der Waals surface area contributed by atoms with E-state index in [1.165, 1.54) is 21.0 Å². The van der Waals surface area contributed by atoms with E-state index in [4.69, 9.17) is 23.7 Å². The number of hydrogen-bond acceptors (Lipinski definition) is 9. The van der Waals surface area contributed by atoms with E-state index < -0.39 is 56.4 Å². The van der Waals surface area contributed by atoms with E-state index in [1.807, 2.05) is 0 Å². The zero-order chi connectivity index (χ0) is 24.5. The summed E-state index contributed by atoms with van der Waals surface area (Å²) in [6.07, 6.45) is 1.89. The highest BCUT2D eigenvalue weighted by molar-refractivity contribution is 9.09. The average Bonchev–Trinajstić information content (AvgIpc) is 3.40. The number of ether oxygens (including phenoxy) is 5. The molecule has 0 radical (unpaired) electrons. The van der Waals surface area contributed by atoms with Gasteiger partial charge in [0, 0.05) is 32.1 Å². The summed E-state index contributed by atoms with van der Waals surface area (Å²) in [4.78, 5) is 50.6. The number of carbonyl (C=O) groups is 4. The van der Waals surface area contributed by atoms with Gasteiger partial charge in [-0.1, -0.05) is 15.9 Å². The Hall–Kier alpha value is -1.68. The topological polar surface area (TPSA) is 118 Å². The van der Waals surface area contributed by atoms with Crippen LogP contribution >= 0.6 is 15.9 Å². The molecule has 0 N–H and O–H groups in total. The Morgan fingerprint density at radius 2 is 1.85 bits per heavy atom. The molecule has 4 bridgehead atoms. The minimum Gasteiger partial charge on any atom is -0.469 e. The van der Waals surface area contributed by atoms with Gasteiger partial charge in [0.25, 0.3) is 0 Å². The Morgan fingerprint density at radius 3 is 2.44 bits per heavy atom. The van der Waals surface area contributed by atoms with Crippen molar-refractivity contribution in [1.82, 2.24) is 0 Å². The highest BCUT2D eigenvalue weighted by atomic mass is 79.9. The van der Waals surface area contributed by atoms with Gasteiger partial charge in [-0.3, -0.25) is 19.2 Å². The summed E-state index contributed by atoms with van der Waals surface area (Å²) < 4.78 is 29.3. The van der Waals surface area contributed by atoms with E-state index in [2.05, 4.69) is 15.9 Å². The Balaban J connectivity index is 1.54. The Bertz CT molecular complexity index is 1020. The van der Waals surface area contributed by atoms with Crippen LogP contribution in [0.5, 0.6) is 0 Å². The number of carbonyl (C=O) groups excluding carboxylic acids is 4. The van der Waals surface area contributed by atoms with Crippen molar-refractivity contribution in [2.24, 2.45) is 28.6 Å². The number of hydrogen-bond donors (Lipinski definition) is 0. The fourth-order valence-corrected chi connectivity index (χ4v) is 9.96. The standard InChI is InChI=1S/C24H29BrO9/c1-11(26)32-13-7-24-14-5-6-22(33-12(2)27)8-21(14,9-23(22)10-31-23)15(18(28)30-4)16(24)20(3,17(13)25)19(29)34-24/h13-17H,5-10H2,1-4H3/t13-,14?,15-,16?,17+,20-,21-,22+,23+,24-/m1/s1. The van der Waals surface area contributed by atoms with Crippen LogP contribution in [0.2, 0.25) is 0 Å². The molecule has 2 heterocycles. The van der Waals surface area contributed by atoms with Crippen LogP contribution in [0.15, 0.2) is 0 Å². The Labute approximate surface area is 205 Å². The molecule has 0 aromatic heterocycles. The summed E-state index contributed by atoms with van der Waals surface area (Å²) in [7, 11) is 1.36. The Morgan fingerprint density at radius 1 is 1.15 bits per heavy atom. The molecule has 4 saturated carbocycles. The first-order valence-corrected chi connectivity index (χ1v) is 12.8. The fourth-order valence-electron chi connectivity index (χ4n) is 9.19. The third-order valence-electron chi connectivity index (χ3n) is 10.1. The third-order valence-corrected chi connectivity index (χ3v) is 11.6. The van der Waals surface area contributed by atoms with Crippen molar-refractivity contribution in [1.29, 1.82) is 0 Å². The second kappa shape index (κ2) is 6.55. The molecule has 6 aliphatic rings. The lowest BCUT2D eigenvalue weighted by atomic mass is 9.59. The zero-order valence-corrected chi connectivity index (χ0v) is 21.3. The van der Waals surface area contributed by atoms with E-state index >= 15 is 0 Å². The van der Waals surface area contributed by atoms with Crippen molar-refractivity contribution in [3.05, 3.63) is 0 Å². The summed E-state index contributed by atoms with van der Waals surface area (Å²) in [5, 5.41) is 0. The number of halogens is 1. The molecule has 0 amide bonds. The molecule has 10 heteroatoms. The van der Waals surface area contributed by atoms with Crippen LogP contribution in [-0.4, -0.2) is 65.3 Å². The summed E-state index contributed by atoms with van der Waals surface area (Å²) in [6.45, 7) is 5.02. The van der Waals surface area contributed by atoms with E-state index in [1.54, 1.807) is 6.92 Å². The maximum absolute atomic E-state index is 13.6. The average molecular weight is 541 g/mol. The first-order valence-electron chi connectivity index (χ1n) is 11.9. The van der Waals surface area contributed by atoms with E-state index in [0.29, 0.717) is 38.7 Å². The van der Waals surface area contributed by atoms with Crippen molar-refractivity contribution < 1.29 is 42.9 Å². The van der Waals surface area contributed by atoms with Crippen LogP contribution in [0.3, 0.4) is 0 Å².